The first-order valence-electron chi connectivity index (χ1n) is 7.06. The van der Waals surface area contributed by atoms with Crippen LogP contribution in [0.2, 0.25) is 0 Å². The van der Waals surface area contributed by atoms with Gasteiger partial charge in [0.1, 0.15) is 6.61 Å². The predicted octanol–water partition coefficient (Wildman–Crippen LogP) is 3.08. The Balaban J connectivity index is 1.85. The molecule has 2 aliphatic rings. The van der Waals surface area contributed by atoms with Crippen LogP contribution in [0.5, 0.6) is 0 Å². The van der Waals surface area contributed by atoms with Crippen molar-refractivity contribution in [1.82, 2.24) is 0 Å². The molecular weight excluding hydrogens is 298 g/mol. The van der Waals surface area contributed by atoms with Crippen LogP contribution in [0.15, 0.2) is 58.4 Å². The lowest BCUT2D eigenvalue weighted by atomic mass is 9.85. The molecule has 1 aromatic heterocycles. The van der Waals surface area contributed by atoms with Crippen molar-refractivity contribution in [2.45, 2.75) is 12.3 Å². The highest BCUT2D eigenvalue weighted by atomic mass is 32.1. The predicted molar refractivity (Wildman–Crippen MR) is 83.6 cm³/mol. The van der Waals surface area contributed by atoms with Crippen LogP contribution in [0, 0.1) is 0 Å². The maximum atomic E-state index is 12.7. The SMILES string of the molecule is O=C1OCC2=C1[C@H](c1ccsc1)CC(=O)N2c1ccccc1. The van der Waals surface area contributed by atoms with Gasteiger partial charge in [-0.2, -0.15) is 11.3 Å². The Morgan fingerprint density at radius 2 is 1.95 bits per heavy atom. The van der Waals surface area contributed by atoms with Crippen molar-refractivity contribution in [3.05, 3.63) is 64.0 Å². The molecule has 2 aliphatic heterocycles. The van der Waals surface area contributed by atoms with Gasteiger partial charge in [-0.3, -0.25) is 9.69 Å². The topological polar surface area (TPSA) is 46.6 Å². The van der Waals surface area contributed by atoms with Crippen LogP contribution in [0.25, 0.3) is 0 Å². The molecule has 4 rings (SSSR count). The third kappa shape index (κ3) is 1.97. The molecule has 1 aromatic carbocycles. The van der Waals surface area contributed by atoms with E-state index in [1.807, 2.05) is 47.2 Å². The zero-order valence-electron chi connectivity index (χ0n) is 11.7. The smallest absolute Gasteiger partial charge is 0.336 e. The van der Waals surface area contributed by atoms with Crippen LogP contribution in [0.1, 0.15) is 17.9 Å². The van der Waals surface area contributed by atoms with Crippen molar-refractivity contribution in [3.8, 4) is 0 Å². The molecule has 110 valence electrons. The van der Waals surface area contributed by atoms with Gasteiger partial charge in [0.2, 0.25) is 5.91 Å². The summed E-state index contributed by atoms with van der Waals surface area (Å²) in [6.45, 7) is 0.162. The van der Waals surface area contributed by atoms with Gasteiger partial charge in [-0.25, -0.2) is 4.79 Å². The van der Waals surface area contributed by atoms with Crippen LogP contribution < -0.4 is 4.90 Å². The van der Waals surface area contributed by atoms with Crippen LogP contribution in [0.3, 0.4) is 0 Å². The van der Waals surface area contributed by atoms with Gasteiger partial charge in [-0.05, 0) is 34.5 Å². The fourth-order valence-corrected chi connectivity index (χ4v) is 3.80. The first-order chi connectivity index (χ1) is 10.8. The van der Waals surface area contributed by atoms with Crippen molar-refractivity contribution < 1.29 is 14.3 Å². The number of carbonyl (C=O) groups is 2. The Kier molecular flexibility index (Phi) is 3.08. The minimum absolute atomic E-state index is 0.000509. The molecule has 1 atom stereocenters. The molecule has 22 heavy (non-hydrogen) atoms. The number of para-hydroxylation sites is 1. The molecule has 1 amide bonds. The van der Waals surface area contributed by atoms with Gasteiger partial charge in [0.15, 0.2) is 0 Å². The van der Waals surface area contributed by atoms with Crippen LogP contribution in [0.4, 0.5) is 5.69 Å². The molecule has 0 fully saturated rings. The molecule has 3 heterocycles. The number of amides is 1. The summed E-state index contributed by atoms with van der Waals surface area (Å²) in [5.41, 5.74) is 3.10. The van der Waals surface area contributed by atoms with Crippen molar-refractivity contribution in [3.63, 3.8) is 0 Å². The summed E-state index contributed by atoms with van der Waals surface area (Å²) in [7, 11) is 0. The number of hydrogen-bond acceptors (Lipinski definition) is 4. The van der Waals surface area contributed by atoms with Crippen molar-refractivity contribution in [1.29, 1.82) is 0 Å². The Morgan fingerprint density at radius 1 is 1.14 bits per heavy atom. The average molecular weight is 311 g/mol. The number of benzene rings is 1. The van der Waals surface area contributed by atoms with E-state index in [1.54, 1.807) is 16.2 Å². The summed E-state index contributed by atoms with van der Waals surface area (Å²) >= 11 is 1.57. The molecule has 0 saturated carbocycles. The number of carbonyl (C=O) groups excluding carboxylic acids is 2. The number of rotatable bonds is 2. The largest absolute Gasteiger partial charge is 0.456 e. The maximum absolute atomic E-state index is 12.7. The minimum Gasteiger partial charge on any atom is -0.456 e. The Morgan fingerprint density at radius 3 is 2.68 bits per heavy atom. The van der Waals surface area contributed by atoms with Gasteiger partial charge < -0.3 is 4.74 Å². The van der Waals surface area contributed by atoms with Crippen LogP contribution in [-0.4, -0.2) is 18.5 Å². The molecule has 2 aromatic rings. The number of nitrogens with zero attached hydrogens (tertiary/aromatic N) is 1. The average Bonchev–Trinajstić information content (AvgIpc) is 3.18. The molecule has 0 spiro atoms. The van der Waals surface area contributed by atoms with Crippen LogP contribution in [-0.2, 0) is 14.3 Å². The molecule has 0 aliphatic carbocycles. The van der Waals surface area contributed by atoms with E-state index in [4.69, 9.17) is 4.74 Å². The summed E-state index contributed by atoms with van der Waals surface area (Å²) in [6, 6.07) is 11.4. The maximum Gasteiger partial charge on any atom is 0.336 e. The number of anilines is 1. The Hall–Kier alpha value is -2.40. The lowest BCUT2D eigenvalue weighted by molar-refractivity contribution is -0.136. The van der Waals surface area contributed by atoms with Gasteiger partial charge in [-0.1, -0.05) is 18.2 Å². The molecule has 0 radical (unpaired) electrons. The minimum atomic E-state index is -0.306. The lowest BCUT2D eigenvalue weighted by Gasteiger charge is -2.31. The summed E-state index contributed by atoms with van der Waals surface area (Å²) < 4.78 is 5.22. The fourth-order valence-electron chi connectivity index (χ4n) is 3.09. The molecule has 5 heteroatoms. The molecule has 0 N–H and O–H groups in total. The zero-order chi connectivity index (χ0) is 15.1. The van der Waals surface area contributed by atoms with Crippen molar-refractivity contribution in [2.24, 2.45) is 0 Å². The van der Waals surface area contributed by atoms with E-state index in [0.29, 0.717) is 17.7 Å². The molecular formula is C17H13NO3S. The highest BCUT2D eigenvalue weighted by molar-refractivity contribution is 7.08. The third-order valence-electron chi connectivity index (χ3n) is 4.08. The van der Waals surface area contributed by atoms with Crippen molar-refractivity contribution >= 4 is 28.9 Å². The second-order valence-corrected chi connectivity index (χ2v) is 6.09. The zero-order valence-corrected chi connectivity index (χ0v) is 12.5. The monoisotopic (exact) mass is 311 g/mol. The summed E-state index contributed by atoms with van der Waals surface area (Å²) in [5, 5.41) is 3.95. The van der Waals surface area contributed by atoms with Crippen LogP contribution >= 0.6 is 11.3 Å². The quantitative estimate of drug-likeness (QED) is 0.801. The summed E-state index contributed by atoms with van der Waals surface area (Å²) in [5.74, 6) is -0.497. The highest BCUT2D eigenvalue weighted by Gasteiger charge is 2.42. The van der Waals surface area contributed by atoms with E-state index in [9.17, 15) is 9.59 Å². The van der Waals surface area contributed by atoms with Gasteiger partial charge in [0, 0.05) is 18.0 Å². The van der Waals surface area contributed by atoms with E-state index in [1.165, 1.54) is 0 Å². The number of thiophene rings is 1. The van der Waals surface area contributed by atoms with E-state index in [-0.39, 0.29) is 24.4 Å². The first kappa shape index (κ1) is 13.3. The molecule has 0 saturated heterocycles. The Labute approximate surface area is 131 Å². The first-order valence-corrected chi connectivity index (χ1v) is 8.00. The van der Waals surface area contributed by atoms with Gasteiger partial charge in [0.05, 0.1) is 11.3 Å². The van der Waals surface area contributed by atoms with E-state index in [0.717, 1.165) is 11.3 Å². The molecule has 0 bridgehead atoms. The number of esters is 1. The standard InChI is InChI=1S/C17H13NO3S/c19-15-8-13(11-6-7-22-10-11)16-14(9-21-17(16)20)18(15)12-4-2-1-3-5-12/h1-7,10,13H,8-9H2/t13-/m0/s1. The van der Waals surface area contributed by atoms with E-state index in [2.05, 4.69) is 0 Å². The van der Waals surface area contributed by atoms with Crippen molar-refractivity contribution in [2.75, 3.05) is 11.5 Å². The van der Waals surface area contributed by atoms with E-state index < -0.39 is 0 Å². The summed E-state index contributed by atoms with van der Waals surface area (Å²) in [4.78, 5) is 26.5. The number of hydrogen-bond donors (Lipinski definition) is 0. The molecule has 0 unspecified atom stereocenters. The second kappa shape index (κ2) is 5.10. The number of cyclic esters (lactones) is 1. The molecule has 4 nitrogen and oxygen atoms in total. The van der Waals surface area contributed by atoms with Gasteiger partial charge in [0.25, 0.3) is 0 Å². The fraction of sp³-hybridized carbons (Fsp3) is 0.176. The summed E-state index contributed by atoms with van der Waals surface area (Å²) in [6.07, 6.45) is 0.291. The lowest BCUT2D eigenvalue weighted by Crippen LogP contribution is -2.37. The Bertz CT molecular complexity index is 764. The number of ether oxygens (including phenoxy) is 1. The van der Waals surface area contributed by atoms with E-state index >= 15 is 0 Å². The normalized spacial score (nSPS) is 21.1. The van der Waals surface area contributed by atoms with Gasteiger partial charge in [-0.15, -0.1) is 0 Å². The highest BCUT2D eigenvalue weighted by Crippen LogP contribution is 2.42. The van der Waals surface area contributed by atoms with Gasteiger partial charge >= 0.3 is 5.97 Å². The second-order valence-electron chi connectivity index (χ2n) is 5.31. The third-order valence-corrected chi connectivity index (χ3v) is 4.78.